The van der Waals surface area contributed by atoms with Crippen LogP contribution in [-0.2, 0) is 16.3 Å². The highest BCUT2D eigenvalue weighted by Crippen LogP contribution is 2.47. The summed E-state index contributed by atoms with van der Waals surface area (Å²) in [5.74, 6) is 0.0817. The molecule has 0 spiro atoms. The van der Waals surface area contributed by atoms with E-state index in [1.807, 2.05) is 29.3 Å². The number of hydrogen-bond donors (Lipinski definition) is 0. The molecule has 0 amide bonds. The van der Waals surface area contributed by atoms with E-state index in [-0.39, 0.29) is 30.4 Å². The molecule has 7 heteroatoms. The molecule has 33 heavy (non-hydrogen) atoms. The van der Waals surface area contributed by atoms with Crippen molar-refractivity contribution in [2.75, 3.05) is 5.06 Å². The lowest BCUT2D eigenvalue weighted by Gasteiger charge is -2.29. The average molecular weight is 444 g/mol. The lowest BCUT2D eigenvalue weighted by Crippen LogP contribution is -2.33. The van der Waals surface area contributed by atoms with E-state index in [1.165, 1.54) is 17.7 Å². The van der Waals surface area contributed by atoms with Gasteiger partial charge in [-0.2, -0.15) is 0 Å². The Kier molecular flexibility index (Phi) is 6.04. The highest BCUT2D eigenvalue weighted by molar-refractivity contribution is 5.89. The Bertz CT molecular complexity index is 1120. The predicted octanol–water partition coefficient (Wildman–Crippen LogP) is 5.83. The first-order valence-electron chi connectivity index (χ1n) is 11.2. The second-order valence-electron chi connectivity index (χ2n) is 8.36. The van der Waals surface area contributed by atoms with Crippen molar-refractivity contribution in [1.29, 1.82) is 0 Å². The van der Waals surface area contributed by atoms with Crippen LogP contribution in [0.25, 0.3) is 0 Å². The van der Waals surface area contributed by atoms with Crippen molar-refractivity contribution in [1.82, 2.24) is 0 Å². The van der Waals surface area contributed by atoms with E-state index in [0.717, 1.165) is 36.2 Å². The van der Waals surface area contributed by atoms with E-state index in [2.05, 4.69) is 41.6 Å². The van der Waals surface area contributed by atoms with Crippen LogP contribution in [0.15, 0.2) is 90.1 Å². The molecule has 0 aromatic heterocycles. The highest BCUT2D eigenvalue weighted by Gasteiger charge is 2.48. The minimum Gasteiger partial charge on any atom is -0.391 e. The number of fused-ring (bicyclic) bond motifs is 1. The molecular formula is C26H25N3O4. The summed E-state index contributed by atoms with van der Waals surface area (Å²) >= 11 is 0. The molecular weight excluding hydrogens is 418 g/mol. The lowest BCUT2D eigenvalue weighted by atomic mass is 9.78. The first-order valence-corrected chi connectivity index (χ1v) is 11.2. The van der Waals surface area contributed by atoms with Crippen molar-refractivity contribution < 1.29 is 14.6 Å². The molecule has 1 aliphatic heterocycles. The van der Waals surface area contributed by atoms with Crippen LogP contribution in [0, 0.1) is 16.0 Å². The summed E-state index contributed by atoms with van der Waals surface area (Å²) in [6, 6.07) is 26.9. The zero-order valence-electron chi connectivity index (χ0n) is 18.1. The number of nitrogens with zero attached hydrogens (tertiary/aromatic N) is 3. The summed E-state index contributed by atoms with van der Waals surface area (Å²) in [7, 11) is 0. The van der Waals surface area contributed by atoms with E-state index >= 15 is 0 Å². The van der Waals surface area contributed by atoms with Crippen LogP contribution < -0.4 is 5.06 Å². The lowest BCUT2D eigenvalue weighted by molar-refractivity contribution is -0.384. The Morgan fingerprint density at radius 1 is 1.00 bits per heavy atom. The molecule has 2 fully saturated rings. The summed E-state index contributed by atoms with van der Waals surface area (Å²) in [5, 5.41) is 17.4. The molecule has 0 radical (unpaired) electrons. The molecule has 3 aromatic carbocycles. The molecule has 3 atom stereocenters. The van der Waals surface area contributed by atoms with Gasteiger partial charge in [-0.25, -0.2) is 5.06 Å². The van der Waals surface area contributed by atoms with E-state index in [9.17, 15) is 10.1 Å². The van der Waals surface area contributed by atoms with Crippen LogP contribution in [0.5, 0.6) is 0 Å². The number of para-hydroxylation sites is 1. The minimum absolute atomic E-state index is 0.000579. The number of rotatable bonds is 6. The van der Waals surface area contributed by atoms with Crippen LogP contribution in [-0.4, -0.2) is 16.7 Å². The number of non-ortho nitro benzene ring substituents is 1. The summed E-state index contributed by atoms with van der Waals surface area (Å²) in [5.41, 5.74) is 4.10. The minimum atomic E-state index is -0.407. The summed E-state index contributed by atoms with van der Waals surface area (Å²) < 4.78 is 0. The number of nitro groups is 1. The van der Waals surface area contributed by atoms with Crippen LogP contribution in [0.3, 0.4) is 0 Å². The van der Waals surface area contributed by atoms with Gasteiger partial charge in [0.25, 0.3) is 5.69 Å². The van der Waals surface area contributed by atoms with Gasteiger partial charge in [0.2, 0.25) is 0 Å². The van der Waals surface area contributed by atoms with Gasteiger partial charge < -0.3 is 4.84 Å². The van der Waals surface area contributed by atoms with E-state index < -0.39 is 4.92 Å². The summed E-state index contributed by atoms with van der Waals surface area (Å²) in [6.45, 7) is 0.262. The molecule has 0 unspecified atom stereocenters. The Hall–Kier alpha value is -3.71. The fourth-order valence-corrected chi connectivity index (χ4v) is 4.71. The molecule has 0 N–H and O–H groups in total. The van der Waals surface area contributed by atoms with Gasteiger partial charge in [0, 0.05) is 12.1 Å². The predicted molar refractivity (Wildman–Crippen MR) is 126 cm³/mol. The maximum atomic E-state index is 10.9. The van der Waals surface area contributed by atoms with Gasteiger partial charge in [-0.3, -0.25) is 15.0 Å². The number of hydrogen-bond acceptors (Lipinski definition) is 6. The van der Waals surface area contributed by atoms with Crippen LogP contribution in [0.4, 0.5) is 11.4 Å². The number of anilines is 1. The molecule has 1 aliphatic carbocycles. The Morgan fingerprint density at radius 2 is 1.70 bits per heavy atom. The van der Waals surface area contributed by atoms with Gasteiger partial charge in [0.1, 0.15) is 6.61 Å². The molecule has 0 bridgehead atoms. The quantitative estimate of drug-likeness (QED) is 0.354. The monoisotopic (exact) mass is 443 g/mol. The van der Waals surface area contributed by atoms with Crippen molar-refractivity contribution in [3.63, 3.8) is 0 Å². The number of benzene rings is 3. The van der Waals surface area contributed by atoms with Gasteiger partial charge in [-0.05, 0) is 54.7 Å². The third-order valence-corrected chi connectivity index (χ3v) is 6.26. The fourth-order valence-electron chi connectivity index (χ4n) is 4.71. The molecule has 5 rings (SSSR count). The number of nitro benzene ring substituents is 1. The van der Waals surface area contributed by atoms with Crippen LogP contribution in [0.1, 0.15) is 36.4 Å². The SMILES string of the molecule is O=[N+]([O-])c1ccc(CO/N=C2/CCC[C@H]3ON(c4ccccc4)[C@@H](c4ccccc4)[C@@H]23)cc1. The third-order valence-electron chi connectivity index (χ3n) is 6.26. The van der Waals surface area contributed by atoms with Crippen molar-refractivity contribution in [2.45, 2.75) is 38.0 Å². The van der Waals surface area contributed by atoms with Gasteiger partial charge in [-0.15, -0.1) is 0 Å². The van der Waals surface area contributed by atoms with Crippen molar-refractivity contribution in [3.8, 4) is 0 Å². The van der Waals surface area contributed by atoms with Gasteiger partial charge in [0.15, 0.2) is 0 Å². The standard InChI is InChI=1S/C26H25N3O4/c30-29(31)22-16-14-19(15-17-22)18-32-27-23-12-7-13-24-25(23)26(20-8-3-1-4-9-20)28(33-24)21-10-5-2-6-11-21/h1-6,8-11,14-17,24-26H,7,12-13,18H2/b27-23-/t24-,25+,26+/m1/s1. The Labute approximate surface area is 192 Å². The van der Waals surface area contributed by atoms with Crippen molar-refractivity contribution >= 4 is 17.1 Å². The molecule has 2 aliphatic rings. The Balaban J connectivity index is 1.40. The van der Waals surface area contributed by atoms with Crippen LogP contribution >= 0.6 is 0 Å². The van der Waals surface area contributed by atoms with Gasteiger partial charge in [0.05, 0.1) is 34.4 Å². The molecule has 1 saturated carbocycles. The van der Waals surface area contributed by atoms with Crippen LogP contribution in [0.2, 0.25) is 0 Å². The number of hydroxylamine groups is 1. The normalized spacial score (nSPS) is 23.3. The van der Waals surface area contributed by atoms with Gasteiger partial charge >= 0.3 is 0 Å². The van der Waals surface area contributed by atoms with Crippen molar-refractivity contribution in [2.24, 2.45) is 11.1 Å². The smallest absolute Gasteiger partial charge is 0.269 e. The molecule has 7 nitrogen and oxygen atoms in total. The topological polar surface area (TPSA) is 77.2 Å². The molecule has 1 saturated heterocycles. The zero-order valence-corrected chi connectivity index (χ0v) is 18.1. The van der Waals surface area contributed by atoms with E-state index in [0.29, 0.717) is 0 Å². The van der Waals surface area contributed by atoms with E-state index in [1.54, 1.807) is 12.1 Å². The molecule has 168 valence electrons. The maximum absolute atomic E-state index is 10.9. The largest absolute Gasteiger partial charge is 0.391 e. The second kappa shape index (κ2) is 9.42. The molecule has 3 aromatic rings. The van der Waals surface area contributed by atoms with Gasteiger partial charge in [-0.1, -0.05) is 53.7 Å². The van der Waals surface area contributed by atoms with Crippen molar-refractivity contribution in [3.05, 3.63) is 106 Å². The first kappa shape index (κ1) is 21.2. The third kappa shape index (κ3) is 4.45. The summed E-state index contributed by atoms with van der Waals surface area (Å²) in [6.07, 6.45) is 2.85. The first-order chi connectivity index (χ1) is 16.2. The summed E-state index contributed by atoms with van der Waals surface area (Å²) in [4.78, 5) is 22.7. The fraction of sp³-hybridized carbons (Fsp3) is 0.269. The Morgan fingerprint density at radius 3 is 2.39 bits per heavy atom. The second-order valence-corrected chi connectivity index (χ2v) is 8.36. The average Bonchev–Trinajstić information content (AvgIpc) is 3.26. The zero-order chi connectivity index (χ0) is 22.6. The highest BCUT2D eigenvalue weighted by atomic mass is 16.7. The maximum Gasteiger partial charge on any atom is 0.269 e. The van der Waals surface area contributed by atoms with E-state index in [4.69, 9.17) is 9.68 Å². The number of oxime groups is 1. The molecule has 1 heterocycles.